The minimum absolute atomic E-state index is 0.0242. The molecule has 1 amide bonds. The molecule has 1 N–H and O–H groups in total. The molecule has 5 aliphatic carbocycles. The predicted octanol–water partition coefficient (Wildman–Crippen LogP) is 7.03. The van der Waals surface area contributed by atoms with Crippen LogP contribution in [0.2, 0.25) is 0 Å². The summed E-state index contributed by atoms with van der Waals surface area (Å²) in [6, 6.07) is 0.345. The largest absolute Gasteiger partial charge is 0.444 e. The molecule has 51 heavy (non-hydrogen) atoms. The number of morpholine rings is 1. The normalized spacial score (nSPS) is 45.7. The highest BCUT2D eigenvalue weighted by Crippen LogP contribution is 2.87. The maximum atomic E-state index is 12.5. The van der Waals surface area contributed by atoms with E-state index < -0.39 is 11.2 Å². The van der Waals surface area contributed by atoms with Gasteiger partial charge in [0.05, 0.1) is 37.1 Å². The van der Waals surface area contributed by atoms with Crippen LogP contribution in [0.4, 0.5) is 4.79 Å². The van der Waals surface area contributed by atoms with E-state index in [-0.39, 0.29) is 36.1 Å². The number of carbonyl (C=O) groups excluding carboxylic acids is 1. The summed E-state index contributed by atoms with van der Waals surface area (Å²) in [5.74, 6) is 2.87. The average molecular weight is 715 g/mol. The van der Waals surface area contributed by atoms with Crippen LogP contribution < -0.4 is 0 Å². The average Bonchev–Trinajstić information content (AvgIpc) is 3.59. The molecule has 9 heteroatoms. The van der Waals surface area contributed by atoms with Gasteiger partial charge in [0.25, 0.3) is 0 Å². The number of amides is 1. The van der Waals surface area contributed by atoms with Crippen LogP contribution >= 0.6 is 0 Å². The zero-order valence-electron chi connectivity index (χ0n) is 33.4. The zero-order chi connectivity index (χ0) is 36.4. The molecule has 8 aliphatic rings. The van der Waals surface area contributed by atoms with E-state index in [0.29, 0.717) is 66.5 Å². The summed E-state index contributed by atoms with van der Waals surface area (Å²) in [7, 11) is 0. The lowest BCUT2D eigenvalue weighted by Gasteiger charge is -2.60. The number of likely N-dealkylation sites (tertiary alicyclic amines) is 1. The van der Waals surface area contributed by atoms with E-state index in [2.05, 4.69) is 25.7 Å². The molecule has 9 unspecified atom stereocenters. The van der Waals surface area contributed by atoms with E-state index >= 15 is 0 Å². The fraction of sp³-hybridized carbons (Fsp3) is 0.976. The molecular formula is C42H70N2O7. The van der Waals surface area contributed by atoms with Crippen LogP contribution in [-0.4, -0.2) is 108 Å². The highest BCUT2D eigenvalue weighted by atomic mass is 16.7. The van der Waals surface area contributed by atoms with Crippen LogP contribution in [0.25, 0.3) is 0 Å². The fourth-order valence-corrected chi connectivity index (χ4v) is 14.1. The smallest absolute Gasteiger partial charge is 0.410 e. The summed E-state index contributed by atoms with van der Waals surface area (Å²) in [5, 5.41) is 11.0. The van der Waals surface area contributed by atoms with E-state index in [9.17, 15) is 9.90 Å². The quantitative estimate of drug-likeness (QED) is 0.301. The van der Waals surface area contributed by atoms with E-state index in [4.69, 9.17) is 23.7 Å². The lowest BCUT2D eigenvalue weighted by atomic mass is 9.46. The third kappa shape index (κ3) is 5.95. The minimum atomic E-state index is -0.911. The molecule has 8 fully saturated rings. The number of fused-ring (bicyclic) bond motifs is 4. The Hall–Kier alpha value is -0.970. The highest BCUT2D eigenvalue weighted by Gasteiger charge is 2.80. The van der Waals surface area contributed by atoms with Crippen molar-refractivity contribution in [1.82, 2.24) is 9.80 Å². The SMILES string of the molecule is CCO[C@@H](C1CCC2C(CC3C4CCC5C(C)(C)[C@@H](OC6CN(C7CN(C(=O)OC(C)(C)C)C7)CCO6)CC[C@@]56CC46CCC23C)O1)C(C)(C)O. The number of ether oxygens (including phenoxy) is 5. The van der Waals surface area contributed by atoms with Crippen LogP contribution in [0.15, 0.2) is 0 Å². The number of hydrogen-bond donors (Lipinski definition) is 1. The molecule has 0 bridgehead atoms. The summed E-state index contributed by atoms with van der Waals surface area (Å²) in [6.07, 6.45) is 12.4. The van der Waals surface area contributed by atoms with Gasteiger partial charge in [-0.3, -0.25) is 4.90 Å². The minimum Gasteiger partial charge on any atom is -0.444 e. The van der Waals surface area contributed by atoms with Crippen molar-refractivity contribution < 1.29 is 33.6 Å². The Kier molecular flexibility index (Phi) is 9.08. The zero-order valence-corrected chi connectivity index (χ0v) is 33.4. The topological polar surface area (TPSA) is 89.9 Å². The van der Waals surface area contributed by atoms with Gasteiger partial charge in [-0.05, 0) is 151 Å². The van der Waals surface area contributed by atoms with E-state index in [1.165, 1.54) is 51.4 Å². The van der Waals surface area contributed by atoms with Crippen LogP contribution in [0.3, 0.4) is 0 Å². The molecule has 0 aromatic rings. The molecule has 290 valence electrons. The summed E-state index contributed by atoms with van der Waals surface area (Å²) in [5.41, 5.74) is 0.0552. The second-order valence-corrected chi connectivity index (χ2v) is 20.8. The molecule has 8 rings (SSSR count). The second-order valence-electron chi connectivity index (χ2n) is 20.8. The Labute approximate surface area is 308 Å². The molecule has 3 aliphatic heterocycles. The second kappa shape index (κ2) is 12.5. The fourth-order valence-electron chi connectivity index (χ4n) is 14.1. The van der Waals surface area contributed by atoms with Gasteiger partial charge in [-0.15, -0.1) is 0 Å². The van der Waals surface area contributed by atoms with Crippen molar-refractivity contribution >= 4 is 6.09 Å². The van der Waals surface area contributed by atoms with E-state index in [0.717, 1.165) is 37.8 Å². The maximum absolute atomic E-state index is 12.5. The molecule has 3 saturated heterocycles. The summed E-state index contributed by atoms with van der Waals surface area (Å²) in [4.78, 5) is 16.8. The van der Waals surface area contributed by atoms with Gasteiger partial charge >= 0.3 is 6.09 Å². The Morgan fingerprint density at radius 3 is 2.37 bits per heavy atom. The van der Waals surface area contributed by atoms with Crippen molar-refractivity contribution in [1.29, 1.82) is 0 Å². The lowest BCUT2D eigenvalue weighted by molar-refractivity contribution is -0.250. The molecule has 3 heterocycles. The van der Waals surface area contributed by atoms with Crippen LogP contribution in [-0.2, 0) is 23.7 Å². The molecular weight excluding hydrogens is 644 g/mol. The number of aliphatic hydroxyl groups is 1. The predicted molar refractivity (Wildman–Crippen MR) is 195 cm³/mol. The number of nitrogens with zero attached hydrogens (tertiary/aromatic N) is 2. The summed E-state index contributed by atoms with van der Waals surface area (Å²) < 4.78 is 32.0. The monoisotopic (exact) mass is 715 g/mol. The van der Waals surface area contributed by atoms with Gasteiger partial charge in [-0.25, -0.2) is 4.79 Å². The van der Waals surface area contributed by atoms with Gasteiger partial charge in [0, 0.05) is 32.3 Å². The van der Waals surface area contributed by atoms with Gasteiger partial charge in [-0.1, -0.05) is 20.8 Å². The summed E-state index contributed by atoms with van der Waals surface area (Å²) >= 11 is 0. The molecule has 5 saturated carbocycles. The van der Waals surface area contributed by atoms with Gasteiger partial charge < -0.3 is 33.7 Å². The Morgan fingerprint density at radius 1 is 0.922 bits per heavy atom. The van der Waals surface area contributed by atoms with Gasteiger partial charge in [0.15, 0.2) is 6.29 Å². The Morgan fingerprint density at radius 2 is 1.67 bits per heavy atom. The van der Waals surface area contributed by atoms with Crippen molar-refractivity contribution in [2.75, 3.05) is 39.4 Å². The standard InChI is InChI=1S/C42H70N2O7/c1-10-47-35(39(7,8)46)30-13-11-28-31(49-30)21-29-27-12-14-32-38(5,6)33(15-16-42(32)25-41(27,42)18-17-40(28,29)9)50-34-24-43(19-20-48-34)26-22-44(23-26)36(45)51-37(2,3)4/h26-35,46H,10-25H2,1-9H3/t27?,28?,29?,30?,31?,32?,33-,34?,35-,40?,41?,42+/m0/s1. The molecule has 0 aromatic heterocycles. The molecule has 0 aromatic carbocycles. The maximum Gasteiger partial charge on any atom is 0.410 e. The van der Waals surface area contributed by atoms with Crippen LogP contribution in [0, 0.1) is 45.3 Å². The van der Waals surface area contributed by atoms with Crippen LogP contribution in [0.1, 0.15) is 127 Å². The molecule has 0 radical (unpaired) electrons. The van der Waals surface area contributed by atoms with Gasteiger partial charge in [0.2, 0.25) is 0 Å². The van der Waals surface area contributed by atoms with Crippen LogP contribution in [0.5, 0.6) is 0 Å². The van der Waals surface area contributed by atoms with Crippen molar-refractivity contribution in [3.05, 3.63) is 0 Å². The molecule has 2 spiro atoms. The van der Waals surface area contributed by atoms with E-state index in [1.807, 2.05) is 46.4 Å². The first-order valence-electron chi connectivity index (χ1n) is 20.9. The molecule has 9 nitrogen and oxygen atoms in total. The van der Waals surface area contributed by atoms with Crippen molar-refractivity contribution in [2.24, 2.45) is 45.3 Å². The lowest BCUT2D eigenvalue weighted by Crippen LogP contribution is -2.64. The first-order chi connectivity index (χ1) is 23.9. The van der Waals surface area contributed by atoms with Crippen molar-refractivity contribution in [3.63, 3.8) is 0 Å². The van der Waals surface area contributed by atoms with Gasteiger partial charge in [-0.2, -0.15) is 0 Å². The Balaban J connectivity index is 0.902. The number of rotatable bonds is 7. The number of carbonyl (C=O) groups is 1. The number of hydrogen-bond acceptors (Lipinski definition) is 8. The molecule has 12 atom stereocenters. The van der Waals surface area contributed by atoms with E-state index in [1.54, 1.807) is 0 Å². The highest BCUT2D eigenvalue weighted by molar-refractivity contribution is 5.69. The third-order valence-corrected chi connectivity index (χ3v) is 16.4. The first kappa shape index (κ1) is 37.0. The Bertz CT molecular complexity index is 1320. The summed E-state index contributed by atoms with van der Waals surface area (Å²) in [6.45, 7) is 23.6. The van der Waals surface area contributed by atoms with Crippen molar-refractivity contribution in [3.8, 4) is 0 Å². The third-order valence-electron chi connectivity index (χ3n) is 16.4. The van der Waals surface area contributed by atoms with Crippen molar-refractivity contribution in [2.45, 2.75) is 174 Å². The first-order valence-corrected chi connectivity index (χ1v) is 20.9. The van der Waals surface area contributed by atoms with Gasteiger partial charge in [0.1, 0.15) is 11.7 Å².